The van der Waals surface area contributed by atoms with E-state index in [9.17, 15) is 0 Å². The van der Waals surface area contributed by atoms with E-state index in [4.69, 9.17) is 31.0 Å². The van der Waals surface area contributed by atoms with Crippen LogP contribution >= 0.6 is 11.6 Å². The second-order valence-electron chi connectivity index (χ2n) is 11.1. The third-order valence-corrected chi connectivity index (χ3v) is 9.19. The number of benzene rings is 1. The van der Waals surface area contributed by atoms with Crippen molar-refractivity contribution in [2.24, 2.45) is 0 Å². The average Bonchev–Trinajstić information content (AvgIpc) is 3.14. The molecule has 1 aromatic carbocycles. The minimum atomic E-state index is -1.16. The molecule has 0 unspecified atom stereocenters. The van der Waals surface area contributed by atoms with Crippen LogP contribution in [-0.2, 0) is 11.5 Å². The summed E-state index contributed by atoms with van der Waals surface area (Å²) in [6, 6.07) is 12.4. The Bertz CT molecular complexity index is 1150. The number of hydrogen-bond acceptors (Lipinski definition) is 5. The summed E-state index contributed by atoms with van der Waals surface area (Å²) in [5.41, 5.74) is 4.67. The monoisotopic (exact) mass is 512 g/mol. The van der Waals surface area contributed by atoms with Gasteiger partial charge in [0.05, 0.1) is 16.2 Å². The summed E-state index contributed by atoms with van der Waals surface area (Å²) in [5.74, 6) is 0.624. The summed E-state index contributed by atoms with van der Waals surface area (Å²) >= 11 is 6.78. The number of pyridine rings is 1. The fraction of sp³-hybridized carbons (Fsp3) is 0.556. The van der Waals surface area contributed by atoms with Gasteiger partial charge in [-0.25, -0.2) is 4.98 Å². The Morgan fingerprint density at radius 2 is 1.80 bits per heavy atom. The molecule has 8 heteroatoms. The number of nitrogens with zero attached hydrogens (tertiary/aromatic N) is 3. The van der Waals surface area contributed by atoms with Crippen molar-refractivity contribution in [2.75, 3.05) is 19.7 Å². The predicted molar refractivity (Wildman–Crippen MR) is 145 cm³/mol. The second-order valence-corrected chi connectivity index (χ2v) is 17.2. The van der Waals surface area contributed by atoms with Gasteiger partial charge >= 0.3 is 6.01 Å². The summed E-state index contributed by atoms with van der Waals surface area (Å²) in [5, 5.41) is 4.06. The number of hydrogen-bond donors (Lipinski definition) is 1. The topological polar surface area (TPSA) is 61.2 Å². The van der Waals surface area contributed by atoms with Crippen molar-refractivity contribution < 1.29 is 9.47 Å². The fourth-order valence-electron chi connectivity index (χ4n) is 4.66. The molecule has 0 atom stereocenters. The van der Waals surface area contributed by atoms with Crippen LogP contribution in [-0.4, -0.2) is 48.4 Å². The van der Waals surface area contributed by atoms with Gasteiger partial charge in [0.25, 0.3) is 0 Å². The highest BCUT2D eigenvalue weighted by Gasteiger charge is 2.24. The molecule has 3 aromatic rings. The van der Waals surface area contributed by atoms with Crippen molar-refractivity contribution in [3.63, 3.8) is 0 Å². The van der Waals surface area contributed by atoms with Crippen LogP contribution in [0.5, 0.6) is 6.01 Å². The van der Waals surface area contributed by atoms with Crippen molar-refractivity contribution in [1.82, 2.24) is 19.9 Å². The Hall–Kier alpha value is -1.93. The van der Waals surface area contributed by atoms with Gasteiger partial charge in [-0.3, -0.25) is 4.57 Å². The molecule has 3 heterocycles. The normalized spacial score (nSPS) is 17.6. The molecule has 5 rings (SSSR count). The average molecular weight is 513 g/mol. The van der Waals surface area contributed by atoms with E-state index in [1.807, 2.05) is 10.6 Å². The molecule has 0 radical (unpaired) electrons. The van der Waals surface area contributed by atoms with Crippen molar-refractivity contribution >= 4 is 30.8 Å². The van der Waals surface area contributed by atoms with Crippen LogP contribution in [0.1, 0.15) is 43.6 Å². The zero-order valence-electron chi connectivity index (χ0n) is 21.1. The van der Waals surface area contributed by atoms with E-state index in [1.54, 1.807) is 0 Å². The standard InChI is InChI=1S/C27H37ClN4O2Si/c1-35(2,3)16-15-33-18-32-24-17-23(28)25(30-26(24)31-27(32)34-22-5-4-6-22)21-9-7-19(8-10-21)20-11-13-29-14-12-20/h7-10,17,20,22,29H,4-6,11-16,18H2,1-3H3. The first-order chi connectivity index (χ1) is 16.9. The molecule has 188 valence electrons. The number of halogens is 1. The molecule has 2 fully saturated rings. The van der Waals surface area contributed by atoms with E-state index < -0.39 is 8.07 Å². The van der Waals surface area contributed by atoms with Gasteiger partial charge < -0.3 is 14.8 Å². The van der Waals surface area contributed by atoms with Crippen molar-refractivity contribution in [1.29, 1.82) is 0 Å². The maximum atomic E-state index is 6.78. The third-order valence-electron chi connectivity index (χ3n) is 7.20. The smallest absolute Gasteiger partial charge is 0.301 e. The van der Waals surface area contributed by atoms with Gasteiger partial charge in [-0.2, -0.15) is 4.98 Å². The summed E-state index contributed by atoms with van der Waals surface area (Å²) in [6.07, 6.45) is 5.95. The van der Waals surface area contributed by atoms with Crippen molar-refractivity contribution in [3.05, 3.63) is 40.9 Å². The second kappa shape index (κ2) is 10.6. The highest BCUT2D eigenvalue weighted by Crippen LogP contribution is 2.34. The summed E-state index contributed by atoms with van der Waals surface area (Å²) in [4.78, 5) is 9.66. The van der Waals surface area contributed by atoms with E-state index in [0.717, 1.165) is 55.4 Å². The van der Waals surface area contributed by atoms with Gasteiger partial charge in [0, 0.05) is 20.2 Å². The summed E-state index contributed by atoms with van der Waals surface area (Å²) in [7, 11) is -1.16. The van der Waals surface area contributed by atoms with Gasteiger partial charge in [0.2, 0.25) is 0 Å². The lowest BCUT2D eigenvalue weighted by atomic mass is 9.89. The third kappa shape index (κ3) is 5.90. The lowest BCUT2D eigenvalue weighted by Gasteiger charge is -2.26. The number of aromatic nitrogens is 3. The minimum Gasteiger partial charge on any atom is -0.461 e. The maximum absolute atomic E-state index is 6.78. The predicted octanol–water partition coefficient (Wildman–Crippen LogP) is 6.46. The molecule has 2 aromatic heterocycles. The molecular formula is C27H37ClN4O2Si. The zero-order chi connectivity index (χ0) is 24.4. The van der Waals surface area contributed by atoms with Gasteiger partial charge in [-0.15, -0.1) is 0 Å². The van der Waals surface area contributed by atoms with Gasteiger partial charge in [-0.05, 0) is 68.8 Å². The minimum absolute atomic E-state index is 0.227. The quantitative estimate of drug-likeness (QED) is 0.263. The molecule has 0 spiro atoms. The Kier molecular flexibility index (Phi) is 7.49. The molecular weight excluding hydrogens is 476 g/mol. The molecule has 1 aliphatic carbocycles. The van der Waals surface area contributed by atoms with Crippen molar-refractivity contribution in [3.8, 4) is 17.3 Å². The van der Waals surface area contributed by atoms with Crippen LogP contribution in [0.2, 0.25) is 30.7 Å². The van der Waals surface area contributed by atoms with Gasteiger partial charge in [0.1, 0.15) is 12.8 Å². The van der Waals surface area contributed by atoms with Crippen LogP contribution in [0, 0.1) is 0 Å². The van der Waals surface area contributed by atoms with E-state index in [1.165, 1.54) is 24.8 Å². The number of rotatable bonds is 9. The maximum Gasteiger partial charge on any atom is 0.301 e. The Labute approximate surface area is 214 Å². The molecule has 6 nitrogen and oxygen atoms in total. The molecule has 1 saturated carbocycles. The lowest BCUT2D eigenvalue weighted by molar-refractivity contribution is 0.0616. The van der Waals surface area contributed by atoms with Crippen LogP contribution in [0.4, 0.5) is 0 Å². The zero-order valence-corrected chi connectivity index (χ0v) is 22.9. The van der Waals surface area contributed by atoms with E-state index in [-0.39, 0.29) is 6.10 Å². The molecule has 35 heavy (non-hydrogen) atoms. The Morgan fingerprint density at radius 3 is 2.46 bits per heavy atom. The molecule has 0 amide bonds. The lowest BCUT2D eigenvalue weighted by Crippen LogP contribution is -2.26. The van der Waals surface area contributed by atoms with Gasteiger partial charge in [0.15, 0.2) is 5.65 Å². The SMILES string of the molecule is C[Si](C)(C)CCOCn1c(OC2CCC2)nc2nc(-c3ccc(C4CCNCC4)cc3)c(Cl)cc21. The Balaban J connectivity index is 1.40. The Morgan fingerprint density at radius 1 is 1.06 bits per heavy atom. The first kappa shape index (κ1) is 24.7. The summed E-state index contributed by atoms with van der Waals surface area (Å²) < 4.78 is 14.3. The number of fused-ring (bicyclic) bond motifs is 1. The molecule has 0 bridgehead atoms. The van der Waals surface area contributed by atoms with Crippen LogP contribution in [0.15, 0.2) is 30.3 Å². The van der Waals surface area contributed by atoms with E-state index in [0.29, 0.717) is 29.3 Å². The molecule has 2 aliphatic rings. The largest absolute Gasteiger partial charge is 0.461 e. The number of piperidine rings is 1. The van der Waals surface area contributed by atoms with Gasteiger partial charge in [-0.1, -0.05) is 55.5 Å². The molecule has 1 N–H and O–H groups in total. The first-order valence-corrected chi connectivity index (χ1v) is 17.1. The summed E-state index contributed by atoms with van der Waals surface area (Å²) in [6.45, 7) is 10.4. The highest BCUT2D eigenvalue weighted by atomic mass is 35.5. The molecule has 1 saturated heterocycles. The van der Waals surface area contributed by atoms with E-state index >= 15 is 0 Å². The first-order valence-electron chi connectivity index (χ1n) is 13.0. The van der Waals surface area contributed by atoms with E-state index in [2.05, 4.69) is 49.2 Å². The highest BCUT2D eigenvalue weighted by molar-refractivity contribution is 6.76. The number of ether oxygens (including phenoxy) is 2. The molecule has 1 aliphatic heterocycles. The van der Waals surface area contributed by atoms with Crippen LogP contribution < -0.4 is 10.1 Å². The van der Waals surface area contributed by atoms with Crippen LogP contribution in [0.3, 0.4) is 0 Å². The number of nitrogens with one attached hydrogen (secondary N) is 1. The van der Waals surface area contributed by atoms with Crippen LogP contribution in [0.25, 0.3) is 22.4 Å². The fourth-order valence-corrected chi connectivity index (χ4v) is 5.67. The van der Waals surface area contributed by atoms with Crippen molar-refractivity contribution in [2.45, 2.75) is 76.5 Å². The number of imidazole rings is 1.